The van der Waals surface area contributed by atoms with E-state index in [1.54, 1.807) is 7.05 Å². The second kappa shape index (κ2) is 9.74. The molecule has 4 heterocycles. The summed E-state index contributed by atoms with van der Waals surface area (Å²) in [5, 5.41) is 12.4. The lowest BCUT2D eigenvalue weighted by Crippen LogP contribution is -2.22. The summed E-state index contributed by atoms with van der Waals surface area (Å²) in [6.45, 7) is 0.505. The number of nitrogens with one attached hydrogen (secondary N) is 2. The molecule has 1 atom stereocenters. The number of pyridine rings is 1. The van der Waals surface area contributed by atoms with Crippen LogP contribution in [0.5, 0.6) is 11.8 Å². The van der Waals surface area contributed by atoms with Gasteiger partial charge in [-0.3, -0.25) is 9.78 Å². The Balaban J connectivity index is 1.70. The zero-order valence-electron chi connectivity index (χ0n) is 18.0. The largest absolute Gasteiger partial charge is 0.475 e. The van der Waals surface area contributed by atoms with Crippen molar-refractivity contribution in [3.05, 3.63) is 57.0 Å². The maximum atomic E-state index is 14.0. The van der Waals surface area contributed by atoms with Crippen LogP contribution in [0.3, 0.4) is 0 Å². The van der Waals surface area contributed by atoms with Crippen LogP contribution in [-0.4, -0.2) is 61.7 Å². The molecule has 0 amide bonds. The lowest BCUT2D eigenvalue weighted by atomic mass is 10.1. The molecule has 0 unspecified atom stereocenters. The number of halogens is 2. The molecule has 0 aliphatic carbocycles. The molecule has 0 fully saturated rings. The highest BCUT2D eigenvalue weighted by Crippen LogP contribution is 2.32. The number of fused-ring (bicyclic) bond motifs is 1. The Bertz CT molecular complexity index is 1420. The number of alkyl halides is 2. The predicted molar refractivity (Wildman–Crippen MR) is 114 cm³/mol. The Kier molecular flexibility index (Phi) is 6.58. The van der Waals surface area contributed by atoms with Crippen LogP contribution in [0.1, 0.15) is 11.7 Å². The van der Waals surface area contributed by atoms with Crippen molar-refractivity contribution in [3.8, 4) is 23.0 Å². The van der Waals surface area contributed by atoms with E-state index in [2.05, 4.69) is 30.2 Å². The molecule has 0 aliphatic heterocycles. The van der Waals surface area contributed by atoms with E-state index in [9.17, 15) is 18.4 Å². The Morgan fingerprint density at radius 1 is 1.18 bits per heavy atom. The van der Waals surface area contributed by atoms with Gasteiger partial charge in [0.05, 0.1) is 17.6 Å². The first-order chi connectivity index (χ1) is 16.4. The molecule has 0 aromatic carbocycles. The number of aromatic nitrogens is 7. The number of ether oxygens (including phenoxy) is 3. The minimum atomic E-state index is -2.91. The fourth-order valence-electron chi connectivity index (χ4n) is 3.13. The molecule has 0 spiro atoms. The number of methoxy groups -OCH3 is 1. The summed E-state index contributed by atoms with van der Waals surface area (Å²) in [6, 6.07) is 4.15. The molecule has 0 saturated carbocycles. The molecule has 0 saturated heterocycles. The molecule has 4 rings (SSSR count). The van der Waals surface area contributed by atoms with Crippen molar-refractivity contribution >= 4 is 11.0 Å². The maximum absolute atomic E-state index is 14.0. The van der Waals surface area contributed by atoms with E-state index >= 15 is 0 Å². The van der Waals surface area contributed by atoms with Crippen molar-refractivity contribution in [3.63, 3.8) is 0 Å². The van der Waals surface area contributed by atoms with E-state index in [1.165, 1.54) is 42.4 Å². The highest BCUT2D eigenvalue weighted by Gasteiger charge is 2.28. The minimum absolute atomic E-state index is 0.0289. The average Bonchev–Trinajstić information content (AvgIpc) is 3.12. The van der Waals surface area contributed by atoms with Crippen LogP contribution in [0.25, 0.3) is 22.3 Å². The monoisotopic (exact) mass is 475 g/mol. The number of hydrogen-bond acceptors (Lipinski definition) is 9. The predicted octanol–water partition coefficient (Wildman–Crippen LogP) is 1.21. The molecule has 2 N–H and O–H groups in total. The van der Waals surface area contributed by atoms with Gasteiger partial charge in [0.2, 0.25) is 11.8 Å². The third-order valence-electron chi connectivity index (χ3n) is 4.74. The first-order valence-electron chi connectivity index (χ1n) is 9.92. The summed E-state index contributed by atoms with van der Waals surface area (Å²) in [4.78, 5) is 31.8. The van der Waals surface area contributed by atoms with Crippen molar-refractivity contribution in [1.82, 2.24) is 34.9 Å². The molecule has 34 heavy (non-hydrogen) atoms. The van der Waals surface area contributed by atoms with E-state index in [4.69, 9.17) is 14.2 Å². The van der Waals surface area contributed by atoms with Gasteiger partial charge in [-0.1, -0.05) is 0 Å². The Morgan fingerprint density at radius 3 is 2.74 bits per heavy atom. The van der Waals surface area contributed by atoms with Gasteiger partial charge in [-0.25, -0.2) is 23.2 Å². The highest BCUT2D eigenvalue weighted by molar-refractivity contribution is 5.84. The molecule has 178 valence electrons. The molecule has 0 bridgehead atoms. The Labute approximate surface area is 189 Å². The van der Waals surface area contributed by atoms with Gasteiger partial charge < -0.3 is 19.2 Å². The summed E-state index contributed by atoms with van der Waals surface area (Å²) < 4.78 is 45.2. The first kappa shape index (κ1) is 23.0. The fourth-order valence-corrected chi connectivity index (χ4v) is 3.13. The quantitative estimate of drug-likeness (QED) is 0.341. The standard InChI is InChI=1S/C20H19F2N7O5/c1-29-17-11(8-13(26-27-17)12-9-24-20(31)25-18(12)30)19(28-29)34-15(16(21)22)10-3-4-23-14(7-10)33-6-5-32-2/h3-4,7-9,15-16H,5-6H2,1-2H3,(H2,24,25,30,31)/t15-/m1/s1. The zero-order chi connectivity index (χ0) is 24.2. The van der Waals surface area contributed by atoms with Gasteiger partial charge in [0.25, 0.3) is 12.0 Å². The van der Waals surface area contributed by atoms with Crippen molar-refractivity contribution in [1.29, 1.82) is 0 Å². The van der Waals surface area contributed by atoms with Crippen LogP contribution in [0.2, 0.25) is 0 Å². The van der Waals surface area contributed by atoms with E-state index < -0.39 is 23.8 Å². The van der Waals surface area contributed by atoms with Gasteiger partial charge in [-0.15, -0.1) is 15.3 Å². The van der Waals surface area contributed by atoms with Gasteiger partial charge in [0.1, 0.15) is 12.3 Å². The van der Waals surface area contributed by atoms with Gasteiger partial charge in [-0.05, 0) is 12.1 Å². The third-order valence-corrected chi connectivity index (χ3v) is 4.74. The van der Waals surface area contributed by atoms with Crippen LogP contribution in [0, 0.1) is 0 Å². The molecule has 0 radical (unpaired) electrons. The van der Waals surface area contributed by atoms with Gasteiger partial charge in [0, 0.05) is 38.2 Å². The smallest absolute Gasteiger partial charge is 0.325 e. The summed E-state index contributed by atoms with van der Waals surface area (Å²) >= 11 is 0. The lowest BCUT2D eigenvalue weighted by molar-refractivity contribution is 0.00826. The van der Waals surface area contributed by atoms with Crippen LogP contribution in [-0.2, 0) is 11.8 Å². The van der Waals surface area contributed by atoms with Crippen LogP contribution in [0.4, 0.5) is 8.78 Å². The second-order valence-corrected chi connectivity index (χ2v) is 7.02. The number of rotatable bonds is 9. The van der Waals surface area contributed by atoms with E-state index in [-0.39, 0.29) is 46.2 Å². The number of H-pyrrole nitrogens is 2. The van der Waals surface area contributed by atoms with Crippen LogP contribution in [0.15, 0.2) is 40.2 Å². The molecular formula is C20H19F2N7O5. The number of hydrogen-bond donors (Lipinski definition) is 2. The van der Waals surface area contributed by atoms with E-state index in [0.717, 1.165) is 0 Å². The fraction of sp³-hybridized carbons (Fsp3) is 0.300. The number of nitrogens with zero attached hydrogens (tertiary/aromatic N) is 5. The summed E-state index contributed by atoms with van der Waals surface area (Å²) in [7, 11) is 3.05. The van der Waals surface area contributed by atoms with E-state index in [0.29, 0.717) is 6.61 Å². The summed E-state index contributed by atoms with van der Waals surface area (Å²) in [5.74, 6) is -0.00130. The highest BCUT2D eigenvalue weighted by atomic mass is 19.3. The molecule has 12 nitrogen and oxygen atoms in total. The third kappa shape index (κ3) is 4.76. The molecule has 4 aromatic heterocycles. The number of aryl methyl sites for hydroxylation is 1. The van der Waals surface area contributed by atoms with Crippen molar-refractivity contribution in [2.45, 2.75) is 12.5 Å². The van der Waals surface area contributed by atoms with Crippen molar-refractivity contribution in [2.24, 2.45) is 7.05 Å². The molecule has 14 heteroatoms. The Morgan fingerprint density at radius 2 is 2.00 bits per heavy atom. The molecular weight excluding hydrogens is 456 g/mol. The van der Waals surface area contributed by atoms with E-state index in [1.807, 2.05) is 0 Å². The van der Waals surface area contributed by atoms with Crippen LogP contribution >= 0.6 is 0 Å². The Hall–Kier alpha value is -4.20. The molecule has 4 aromatic rings. The lowest BCUT2D eigenvalue weighted by Gasteiger charge is -2.18. The van der Waals surface area contributed by atoms with Crippen molar-refractivity contribution in [2.75, 3.05) is 20.3 Å². The average molecular weight is 475 g/mol. The normalized spacial score (nSPS) is 12.3. The van der Waals surface area contributed by atoms with Gasteiger partial charge in [0.15, 0.2) is 11.8 Å². The number of aromatic amines is 2. The topological polar surface area (TPSA) is 150 Å². The molecule has 0 aliphatic rings. The SMILES string of the molecule is COCCOc1cc([C@@H](Oc2nn(C)c3nnc(-c4c[nH]c(=O)[nH]c4=O)cc23)C(F)F)ccn1. The first-order valence-corrected chi connectivity index (χ1v) is 9.92. The minimum Gasteiger partial charge on any atom is -0.475 e. The zero-order valence-corrected chi connectivity index (χ0v) is 18.0. The van der Waals surface area contributed by atoms with Gasteiger partial charge in [-0.2, -0.15) is 0 Å². The second-order valence-electron chi connectivity index (χ2n) is 7.02. The summed E-state index contributed by atoms with van der Waals surface area (Å²) in [6.07, 6.45) is -2.10. The summed E-state index contributed by atoms with van der Waals surface area (Å²) in [5.41, 5.74) is -0.889. The van der Waals surface area contributed by atoms with Crippen molar-refractivity contribution < 1.29 is 23.0 Å². The van der Waals surface area contributed by atoms with Gasteiger partial charge >= 0.3 is 5.69 Å². The maximum Gasteiger partial charge on any atom is 0.325 e. The van der Waals surface area contributed by atoms with Crippen LogP contribution < -0.4 is 20.7 Å².